The Bertz CT molecular complexity index is 305. The molecular weight excluding hydrogens is 196 g/mol. The Morgan fingerprint density at radius 2 is 2.64 bits per heavy atom. The van der Waals surface area contributed by atoms with Crippen molar-refractivity contribution in [2.24, 2.45) is 5.92 Å². The fraction of sp³-hybridized carbons (Fsp3) is 0.600. The van der Waals surface area contributed by atoms with Crippen molar-refractivity contribution < 1.29 is 4.79 Å². The zero-order valence-corrected chi connectivity index (χ0v) is 8.85. The van der Waals surface area contributed by atoms with Crippen LogP contribution in [0.5, 0.6) is 0 Å². The molecule has 0 amide bonds. The van der Waals surface area contributed by atoms with E-state index in [0.717, 1.165) is 30.8 Å². The fourth-order valence-electron chi connectivity index (χ4n) is 1.82. The van der Waals surface area contributed by atoms with Crippen molar-refractivity contribution in [1.82, 2.24) is 10.3 Å². The van der Waals surface area contributed by atoms with Crippen LogP contribution >= 0.6 is 11.3 Å². The van der Waals surface area contributed by atoms with Gasteiger partial charge in [0.2, 0.25) is 0 Å². The normalized spacial score (nSPS) is 22.1. The summed E-state index contributed by atoms with van der Waals surface area (Å²) in [5, 5.41) is 6.31. The van der Waals surface area contributed by atoms with E-state index in [9.17, 15) is 4.79 Å². The van der Waals surface area contributed by atoms with E-state index in [2.05, 4.69) is 10.3 Å². The van der Waals surface area contributed by atoms with Gasteiger partial charge in [-0.15, -0.1) is 11.3 Å². The van der Waals surface area contributed by atoms with Crippen LogP contribution in [0.15, 0.2) is 5.38 Å². The van der Waals surface area contributed by atoms with Gasteiger partial charge in [0.05, 0.1) is 5.01 Å². The number of carbonyl (C=O) groups is 1. The van der Waals surface area contributed by atoms with E-state index in [1.165, 1.54) is 12.8 Å². The highest BCUT2D eigenvalue weighted by atomic mass is 32.1. The van der Waals surface area contributed by atoms with Gasteiger partial charge in [-0.25, -0.2) is 4.98 Å². The molecule has 0 saturated carbocycles. The minimum Gasteiger partial charge on any atom is -0.316 e. The molecule has 0 aromatic carbocycles. The van der Waals surface area contributed by atoms with E-state index in [1.54, 1.807) is 11.3 Å². The number of rotatable bonds is 3. The summed E-state index contributed by atoms with van der Waals surface area (Å²) in [6.07, 6.45) is 4.38. The molecule has 1 N–H and O–H groups in total. The first-order valence-electron chi connectivity index (χ1n) is 4.99. The van der Waals surface area contributed by atoms with Crippen LogP contribution in [0.25, 0.3) is 0 Å². The monoisotopic (exact) mass is 210 g/mol. The number of hydrogen-bond acceptors (Lipinski definition) is 4. The summed E-state index contributed by atoms with van der Waals surface area (Å²) >= 11 is 1.60. The molecule has 0 bridgehead atoms. The van der Waals surface area contributed by atoms with Crippen LogP contribution in [-0.2, 0) is 6.42 Å². The van der Waals surface area contributed by atoms with Gasteiger partial charge in [-0.05, 0) is 31.8 Å². The van der Waals surface area contributed by atoms with Gasteiger partial charge in [0.15, 0.2) is 6.29 Å². The van der Waals surface area contributed by atoms with Crippen molar-refractivity contribution in [2.45, 2.75) is 19.3 Å². The summed E-state index contributed by atoms with van der Waals surface area (Å²) < 4.78 is 0. The van der Waals surface area contributed by atoms with Crippen molar-refractivity contribution in [3.8, 4) is 0 Å². The second-order valence-electron chi connectivity index (χ2n) is 3.70. The summed E-state index contributed by atoms with van der Waals surface area (Å²) in [6, 6.07) is 0. The van der Waals surface area contributed by atoms with Crippen molar-refractivity contribution >= 4 is 17.6 Å². The maximum absolute atomic E-state index is 10.4. The largest absolute Gasteiger partial charge is 0.316 e. The molecule has 0 spiro atoms. The van der Waals surface area contributed by atoms with Gasteiger partial charge < -0.3 is 5.32 Å². The second kappa shape index (κ2) is 4.66. The molecule has 1 aromatic rings. The van der Waals surface area contributed by atoms with Crippen molar-refractivity contribution in [3.05, 3.63) is 16.1 Å². The molecule has 14 heavy (non-hydrogen) atoms. The lowest BCUT2D eigenvalue weighted by Gasteiger charge is -2.21. The van der Waals surface area contributed by atoms with Crippen LogP contribution in [0.3, 0.4) is 0 Å². The topological polar surface area (TPSA) is 42.0 Å². The minimum atomic E-state index is 0.578. The number of nitrogens with zero attached hydrogens (tertiary/aromatic N) is 1. The Labute approximate surface area is 87.6 Å². The van der Waals surface area contributed by atoms with Crippen molar-refractivity contribution in [1.29, 1.82) is 0 Å². The standard InChI is InChI=1S/C10H14N2OS/c13-6-9-7-14-10(12-9)4-8-2-1-3-11-5-8/h6-8,11H,1-5H2. The molecule has 1 atom stereocenters. The lowest BCUT2D eigenvalue weighted by atomic mass is 9.97. The predicted molar refractivity (Wildman–Crippen MR) is 56.8 cm³/mol. The third-order valence-electron chi connectivity index (χ3n) is 2.55. The van der Waals surface area contributed by atoms with Gasteiger partial charge in [-0.3, -0.25) is 4.79 Å². The van der Waals surface area contributed by atoms with E-state index >= 15 is 0 Å². The number of nitrogens with one attached hydrogen (secondary N) is 1. The SMILES string of the molecule is O=Cc1csc(CC2CCCNC2)n1. The van der Waals surface area contributed by atoms with Gasteiger partial charge in [0, 0.05) is 11.8 Å². The first kappa shape index (κ1) is 9.80. The van der Waals surface area contributed by atoms with Crippen LogP contribution in [0.2, 0.25) is 0 Å². The average Bonchev–Trinajstić information content (AvgIpc) is 2.67. The first-order chi connectivity index (χ1) is 6.88. The Kier molecular flexibility index (Phi) is 3.26. The summed E-state index contributed by atoms with van der Waals surface area (Å²) in [5.41, 5.74) is 0.578. The molecule has 1 aliphatic rings. The van der Waals surface area contributed by atoms with Gasteiger partial charge in [-0.1, -0.05) is 0 Å². The third-order valence-corrected chi connectivity index (χ3v) is 3.44. The summed E-state index contributed by atoms with van der Waals surface area (Å²) in [4.78, 5) is 14.7. The minimum absolute atomic E-state index is 0.578. The molecule has 1 aliphatic heterocycles. The van der Waals surface area contributed by atoms with Crippen molar-refractivity contribution in [3.63, 3.8) is 0 Å². The molecule has 0 aliphatic carbocycles. The van der Waals surface area contributed by atoms with Crippen LogP contribution in [0.4, 0.5) is 0 Å². The average molecular weight is 210 g/mol. The van der Waals surface area contributed by atoms with Crippen LogP contribution in [0, 0.1) is 5.92 Å². The molecule has 76 valence electrons. The zero-order chi connectivity index (χ0) is 9.80. The van der Waals surface area contributed by atoms with Crippen LogP contribution < -0.4 is 5.32 Å². The van der Waals surface area contributed by atoms with Crippen molar-refractivity contribution in [2.75, 3.05) is 13.1 Å². The zero-order valence-electron chi connectivity index (χ0n) is 8.03. The Morgan fingerprint density at radius 3 is 3.29 bits per heavy atom. The highest BCUT2D eigenvalue weighted by Crippen LogP contribution is 2.18. The number of hydrogen-bond donors (Lipinski definition) is 1. The molecule has 2 heterocycles. The molecule has 3 nitrogen and oxygen atoms in total. The van der Waals surface area contributed by atoms with Gasteiger partial charge in [0.25, 0.3) is 0 Å². The first-order valence-corrected chi connectivity index (χ1v) is 5.87. The second-order valence-corrected chi connectivity index (χ2v) is 4.64. The Morgan fingerprint density at radius 1 is 1.71 bits per heavy atom. The maximum atomic E-state index is 10.4. The van der Waals surface area contributed by atoms with E-state index in [1.807, 2.05) is 5.38 Å². The Balaban J connectivity index is 1.92. The quantitative estimate of drug-likeness (QED) is 0.769. The number of piperidine rings is 1. The highest BCUT2D eigenvalue weighted by Gasteiger charge is 2.15. The smallest absolute Gasteiger partial charge is 0.169 e. The number of thiazole rings is 1. The third kappa shape index (κ3) is 2.39. The van der Waals surface area contributed by atoms with E-state index in [-0.39, 0.29) is 0 Å². The van der Waals surface area contributed by atoms with Gasteiger partial charge in [-0.2, -0.15) is 0 Å². The summed E-state index contributed by atoms with van der Waals surface area (Å²) in [7, 11) is 0. The molecule has 1 fully saturated rings. The molecule has 1 aromatic heterocycles. The molecule has 0 radical (unpaired) electrons. The van der Waals surface area contributed by atoms with Crippen LogP contribution in [0.1, 0.15) is 28.3 Å². The van der Waals surface area contributed by atoms with E-state index in [0.29, 0.717) is 11.6 Å². The summed E-state index contributed by atoms with van der Waals surface area (Å²) in [5.74, 6) is 0.703. The Hall–Kier alpha value is -0.740. The number of aldehydes is 1. The maximum Gasteiger partial charge on any atom is 0.169 e. The molecular formula is C10H14N2OS. The van der Waals surface area contributed by atoms with Gasteiger partial charge in [0.1, 0.15) is 5.69 Å². The lowest BCUT2D eigenvalue weighted by Crippen LogP contribution is -2.30. The molecule has 1 unspecified atom stereocenters. The van der Waals surface area contributed by atoms with Gasteiger partial charge >= 0.3 is 0 Å². The highest BCUT2D eigenvalue weighted by molar-refractivity contribution is 7.09. The van der Waals surface area contributed by atoms with Crippen LogP contribution in [-0.4, -0.2) is 24.4 Å². The molecule has 1 saturated heterocycles. The molecule has 2 rings (SSSR count). The molecule has 4 heteroatoms. The number of aromatic nitrogens is 1. The summed E-state index contributed by atoms with van der Waals surface area (Å²) in [6.45, 7) is 2.24. The van der Waals surface area contributed by atoms with E-state index < -0.39 is 0 Å². The predicted octanol–water partition coefficient (Wildman–Crippen LogP) is 1.50. The number of carbonyl (C=O) groups excluding carboxylic acids is 1. The van der Waals surface area contributed by atoms with E-state index in [4.69, 9.17) is 0 Å². The lowest BCUT2D eigenvalue weighted by molar-refractivity contribution is 0.111. The fourth-order valence-corrected chi connectivity index (χ4v) is 2.67.